The Morgan fingerprint density at radius 1 is 1.21 bits per heavy atom. The van der Waals surface area contributed by atoms with E-state index in [0.29, 0.717) is 22.0 Å². The molecule has 1 aliphatic heterocycles. The molecule has 1 aliphatic rings. The SMILES string of the molecule is COc1cc(/C=C2/SC(=S)N(CC(=O)O)C2=O)ccc1OCC(=O)Nc1ccccc1C(C)C. The molecule has 8 nitrogen and oxygen atoms in total. The number of aliphatic carboxylic acids is 1. The van der Waals surface area contributed by atoms with Gasteiger partial charge in [0.1, 0.15) is 10.9 Å². The van der Waals surface area contributed by atoms with Crippen LogP contribution in [0.5, 0.6) is 11.5 Å². The third-order valence-electron chi connectivity index (χ3n) is 4.87. The van der Waals surface area contributed by atoms with Crippen molar-refractivity contribution < 1.29 is 29.0 Å². The maximum Gasteiger partial charge on any atom is 0.323 e. The largest absolute Gasteiger partial charge is 0.493 e. The van der Waals surface area contributed by atoms with Gasteiger partial charge in [-0.2, -0.15) is 0 Å². The first-order chi connectivity index (χ1) is 16.2. The number of hydrogen-bond acceptors (Lipinski definition) is 7. The predicted molar refractivity (Wildman–Crippen MR) is 135 cm³/mol. The summed E-state index contributed by atoms with van der Waals surface area (Å²) < 4.78 is 11.2. The third-order valence-corrected chi connectivity index (χ3v) is 6.25. The molecule has 1 heterocycles. The van der Waals surface area contributed by atoms with E-state index in [9.17, 15) is 14.4 Å². The van der Waals surface area contributed by atoms with E-state index in [1.165, 1.54) is 7.11 Å². The number of hydrogen-bond donors (Lipinski definition) is 2. The van der Waals surface area contributed by atoms with E-state index in [1.807, 2.05) is 24.3 Å². The fourth-order valence-electron chi connectivity index (χ4n) is 3.26. The van der Waals surface area contributed by atoms with Gasteiger partial charge in [-0.25, -0.2) is 0 Å². The zero-order valence-electron chi connectivity index (χ0n) is 18.9. The highest BCUT2D eigenvalue weighted by Crippen LogP contribution is 2.34. The molecule has 0 bridgehead atoms. The molecule has 1 fully saturated rings. The van der Waals surface area contributed by atoms with Crippen LogP contribution in [0, 0.1) is 0 Å². The minimum Gasteiger partial charge on any atom is -0.493 e. The highest BCUT2D eigenvalue weighted by Gasteiger charge is 2.33. The molecule has 2 N–H and O–H groups in total. The molecule has 34 heavy (non-hydrogen) atoms. The van der Waals surface area contributed by atoms with Crippen LogP contribution in [-0.2, 0) is 14.4 Å². The highest BCUT2D eigenvalue weighted by atomic mass is 32.2. The van der Waals surface area contributed by atoms with E-state index in [-0.39, 0.29) is 22.8 Å². The molecular weight excluding hydrogens is 476 g/mol. The average molecular weight is 501 g/mol. The second kappa shape index (κ2) is 11.2. The van der Waals surface area contributed by atoms with Crippen LogP contribution in [0.25, 0.3) is 6.08 Å². The third kappa shape index (κ3) is 6.15. The lowest BCUT2D eigenvalue weighted by Crippen LogP contribution is -2.33. The predicted octanol–water partition coefficient (Wildman–Crippen LogP) is 4.12. The number of ether oxygens (including phenoxy) is 2. The van der Waals surface area contributed by atoms with Gasteiger partial charge in [-0.1, -0.05) is 62.1 Å². The van der Waals surface area contributed by atoms with E-state index in [2.05, 4.69) is 19.2 Å². The van der Waals surface area contributed by atoms with E-state index in [4.69, 9.17) is 26.8 Å². The molecule has 1 saturated heterocycles. The van der Waals surface area contributed by atoms with E-state index in [1.54, 1.807) is 24.3 Å². The van der Waals surface area contributed by atoms with Gasteiger partial charge in [0.05, 0.1) is 12.0 Å². The van der Waals surface area contributed by atoms with Crippen molar-refractivity contribution in [2.24, 2.45) is 0 Å². The number of amides is 2. The monoisotopic (exact) mass is 500 g/mol. The highest BCUT2D eigenvalue weighted by molar-refractivity contribution is 8.26. The van der Waals surface area contributed by atoms with Crippen LogP contribution in [-0.4, -0.2) is 52.4 Å². The van der Waals surface area contributed by atoms with E-state index in [0.717, 1.165) is 27.9 Å². The van der Waals surface area contributed by atoms with Gasteiger partial charge in [0.15, 0.2) is 18.1 Å². The van der Waals surface area contributed by atoms with Crippen molar-refractivity contribution in [1.82, 2.24) is 4.90 Å². The number of carboxylic acids is 1. The number of thioether (sulfide) groups is 1. The summed E-state index contributed by atoms with van der Waals surface area (Å²) in [6.07, 6.45) is 1.60. The molecule has 0 spiro atoms. The summed E-state index contributed by atoms with van der Waals surface area (Å²) in [4.78, 5) is 37.2. The number of rotatable bonds is 9. The van der Waals surface area contributed by atoms with Gasteiger partial charge in [0.25, 0.3) is 11.8 Å². The molecule has 0 aliphatic carbocycles. The quantitative estimate of drug-likeness (QED) is 0.391. The number of carboxylic acid groups (broad SMARTS) is 1. The maximum absolute atomic E-state index is 12.5. The van der Waals surface area contributed by atoms with Crippen molar-refractivity contribution in [1.29, 1.82) is 0 Å². The van der Waals surface area contributed by atoms with Crippen molar-refractivity contribution in [2.75, 3.05) is 25.6 Å². The molecule has 178 valence electrons. The van der Waals surface area contributed by atoms with Gasteiger partial charge in [0.2, 0.25) is 0 Å². The fourth-order valence-corrected chi connectivity index (χ4v) is 4.52. The number of carbonyl (C=O) groups is 3. The Morgan fingerprint density at radius 2 is 1.94 bits per heavy atom. The number of carbonyl (C=O) groups excluding carboxylic acids is 2. The molecule has 0 atom stereocenters. The standard InChI is InChI=1S/C24H24N2O6S2/c1-14(2)16-6-4-5-7-17(16)25-21(27)13-32-18-9-8-15(10-19(18)31-3)11-20-23(30)26(12-22(28)29)24(33)34-20/h4-11,14H,12-13H2,1-3H3,(H,25,27)(H,28,29)/b20-11+. The lowest BCUT2D eigenvalue weighted by atomic mass is 10.0. The Bertz CT molecular complexity index is 1160. The van der Waals surface area contributed by atoms with Gasteiger partial charge < -0.3 is 19.9 Å². The summed E-state index contributed by atoms with van der Waals surface area (Å²) in [7, 11) is 1.47. The van der Waals surface area contributed by atoms with Crippen molar-refractivity contribution in [3.05, 3.63) is 58.5 Å². The number of benzene rings is 2. The van der Waals surface area contributed by atoms with Crippen LogP contribution >= 0.6 is 24.0 Å². The number of para-hydroxylation sites is 1. The molecular formula is C24H24N2O6S2. The van der Waals surface area contributed by atoms with Gasteiger partial charge in [-0.3, -0.25) is 19.3 Å². The normalized spacial score (nSPS) is 14.6. The average Bonchev–Trinajstić information content (AvgIpc) is 3.05. The Labute approximate surface area is 206 Å². The van der Waals surface area contributed by atoms with Gasteiger partial charge >= 0.3 is 5.97 Å². The summed E-state index contributed by atoms with van der Waals surface area (Å²) >= 11 is 6.14. The fraction of sp³-hybridized carbons (Fsp3) is 0.250. The lowest BCUT2D eigenvalue weighted by Gasteiger charge is -2.15. The van der Waals surface area contributed by atoms with Crippen LogP contribution in [0.3, 0.4) is 0 Å². The molecule has 0 unspecified atom stereocenters. The Balaban J connectivity index is 1.68. The molecule has 2 amide bonds. The smallest absolute Gasteiger partial charge is 0.323 e. The van der Waals surface area contributed by atoms with Gasteiger partial charge in [-0.15, -0.1) is 0 Å². The van der Waals surface area contributed by atoms with Gasteiger partial charge in [-0.05, 0) is 41.3 Å². The molecule has 10 heteroatoms. The molecule has 0 aromatic heterocycles. The maximum atomic E-state index is 12.5. The van der Waals surface area contributed by atoms with Crippen LogP contribution in [0.4, 0.5) is 5.69 Å². The summed E-state index contributed by atoms with van der Waals surface area (Å²) in [6.45, 7) is 3.41. The second-order valence-electron chi connectivity index (χ2n) is 7.65. The first-order valence-corrected chi connectivity index (χ1v) is 11.6. The van der Waals surface area contributed by atoms with Crippen molar-refractivity contribution in [3.8, 4) is 11.5 Å². The number of nitrogens with zero attached hydrogens (tertiary/aromatic N) is 1. The molecule has 2 aromatic carbocycles. The van der Waals surface area contributed by atoms with Crippen molar-refractivity contribution in [2.45, 2.75) is 19.8 Å². The molecule has 0 radical (unpaired) electrons. The summed E-state index contributed by atoms with van der Waals surface area (Å²) in [5, 5.41) is 11.8. The van der Waals surface area contributed by atoms with Crippen molar-refractivity contribution >= 4 is 57.8 Å². The van der Waals surface area contributed by atoms with Crippen molar-refractivity contribution in [3.63, 3.8) is 0 Å². The minimum atomic E-state index is -1.14. The summed E-state index contributed by atoms with van der Waals surface area (Å²) in [5.41, 5.74) is 2.41. The Morgan fingerprint density at radius 3 is 2.62 bits per heavy atom. The second-order valence-corrected chi connectivity index (χ2v) is 9.33. The molecule has 0 saturated carbocycles. The van der Waals surface area contributed by atoms with Crippen LogP contribution < -0.4 is 14.8 Å². The zero-order valence-corrected chi connectivity index (χ0v) is 20.5. The van der Waals surface area contributed by atoms with Crippen LogP contribution in [0.2, 0.25) is 0 Å². The summed E-state index contributed by atoms with van der Waals surface area (Å²) in [6, 6.07) is 12.6. The zero-order chi connectivity index (χ0) is 24.8. The molecule has 3 rings (SSSR count). The first-order valence-electron chi connectivity index (χ1n) is 10.4. The first kappa shape index (κ1) is 25.3. The number of anilines is 1. The molecule has 2 aromatic rings. The van der Waals surface area contributed by atoms with E-state index >= 15 is 0 Å². The lowest BCUT2D eigenvalue weighted by molar-refractivity contribution is -0.140. The number of methoxy groups -OCH3 is 1. The van der Waals surface area contributed by atoms with E-state index < -0.39 is 18.4 Å². The summed E-state index contributed by atoms with van der Waals surface area (Å²) in [5.74, 6) is -0.904. The number of nitrogens with one attached hydrogen (secondary N) is 1. The Hall–Kier alpha value is -3.37. The topological polar surface area (TPSA) is 105 Å². The Kier molecular flexibility index (Phi) is 8.30. The van der Waals surface area contributed by atoms with Crippen LogP contribution in [0.15, 0.2) is 47.4 Å². The minimum absolute atomic E-state index is 0.190. The van der Waals surface area contributed by atoms with Crippen LogP contribution in [0.1, 0.15) is 30.9 Å². The van der Waals surface area contributed by atoms with Gasteiger partial charge in [0, 0.05) is 5.69 Å². The number of thiocarbonyl (C=S) groups is 1.